The molecule has 1 saturated heterocycles. The molecule has 3 aromatic rings. The fourth-order valence-electron chi connectivity index (χ4n) is 5.52. The maximum absolute atomic E-state index is 13.1. The van der Waals surface area contributed by atoms with Crippen molar-refractivity contribution in [1.82, 2.24) is 14.9 Å². The average molecular weight is 489 g/mol. The molecule has 1 spiro atoms. The van der Waals surface area contributed by atoms with E-state index in [-0.39, 0.29) is 30.0 Å². The number of hydrogen-bond acceptors (Lipinski definition) is 7. The van der Waals surface area contributed by atoms with Gasteiger partial charge in [0.2, 0.25) is 5.91 Å². The summed E-state index contributed by atoms with van der Waals surface area (Å²) in [6, 6.07) is 7.07. The summed E-state index contributed by atoms with van der Waals surface area (Å²) in [4.78, 5) is 47.0. The second-order valence-corrected chi connectivity index (χ2v) is 9.72. The first kappa shape index (κ1) is 22.2. The summed E-state index contributed by atoms with van der Waals surface area (Å²) in [5, 5.41) is 21.6. The number of fused-ring (bicyclic) bond motifs is 4. The summed E-state index contributed by atoms with van der Waals surface area (Å²) < 4.78 is 5.60. The molecule has 2 amide bonds. The maximum Gasteiger partial charge on any atom is 0.407 e. The van der Waals surface area contributed by atoms with Crippen molar-refractivity contribution in [3.8, 4) is 17.0 Å². The van der Waals surface area contributed by atoms with E-state index in [2.05, 4.69) is 9.97 Å². The fraction of sp³-hybridized carbons (Fsp3) is 0.360. The van der Waals surface area contributed by atoms with Crippen molar-refractivity contribution in [1.29, 1.82) is 0 Å². The topological polar surface area (TPSA) is 139 Å². The van der Waals surface area contributed by atoms with E-state index in [0.29, 0.717) is 18.7 Å². The first-order chi connectivity index (χ1) is 17.3. The van der Waals surface area contributed by atoms with E-state index in [0.717, 1.165) is 47.0 Å². The Hall–Kier alpha value is -4.28. The Kier molecular flexibility index (Phi) is 4.85. The minimum Gasteiger partial charge on any atom is -0.472 e. The molecule has 4 heterocycles. The molecule has 11 heteroatoms. The fourth-order valence-corrected chi connectivity index (χ4v) is 5.52. The lowest BCUT2D eigenvalue weighted by molar-refractivity contribution is -0.386. The molecule has 2 aromatic heterocycles. The summed E-state index contributed by atoms with van der Waals surface area (Å²) >= 11 is 0. The Labute approximate surface area is 205 Å². The van der Waals surface area contributed by atoms with Gasteiger partial charge in [0.1, 0.15) is 0 Å². The lowest BCUT2D eigenvalue weighted by Gasteiger charge is -2.37. The smallest absolute Gasteiger partial charge is 0.407 e. The number of benzene rings is 1. The van der Waals surface area contributed by atoms with Gasteiger partial charge in [0.25, 0.3) is 5.88 Å². The molecule has 184 valence electrons. The van der Waals surface area contributed by atoms with Crippen molar-refractivity contribution < 1.29 is 24.4 Å². The van der Waals surface area contributed by atoms with Gasteiger partial charge in [-0.05, 0) is 30.5 Å². The Bertz CT molecular complexity index is 1450. The van der Waals surface area contributed by atoms with Crippen LogP contribution in [-0.2, 0) is 10.2 Å². The number of hydrogen-bond donors (Lipinski definition) is 1. The van der Waals surface area contributed by atoms with E-state index < -0.39 is 16.4 Å². The van der Waals surface area contributed by atoms with Gasteiger partial charge in [-0.15, -0.1) is 0 Å². The van der Waals surface area contributed by atoms with Gasteiger partial charge in [-0.25, -0.2) is 9.78 Å². The molecular weight excluding hydrogens is 466 g/mol. The van der Waals surface area contributed by atoms with Crippen molar-refractivity contribution in [2.45, 2.75) is 24.7 Å². The van der Waals surface area contributed by atoms with Crippen molar-refractivity contribution in [3.05, 3.63) is 52.3 Å². The number of nitro groups is 1. The third-order valence-corrected chi connectivity index (χ3v) is 7.65. The highest BCUT2D eigenvalue weighted by molar-refractivity contribution is 6.13. The molecule has 1 N–H and O–H groups in total. The zero-order chi connectivity index (χ0) is 25.2. The molecule has 1 saturated carbocycles. The minimum atomic E-state index is -0.991. The summed E-state index contributed by atoms with van der Waals surface area (Å²) in [6.45, 7) is 0.806. The number of aromatic nitrogens is 2. The Morgan fingerprint density at radius 3 is 2.67 bits per heavy atom. The SMILES string of the molecule is CN1C(=O)C2(CCC2)c2c1cnc1ccc(-c3cnc(OCC4CN(C(=O)O)C4)c([N+](=O)[O-])c3)cc21. The van der Waals surface area contributed by atoms with Gasteiger partial charge < -0.3 is 19.6 Å². The number of carbonyl (C=O) groups excluding carboxylic acids is 1. The van der Waals surface area contributed by atoms with Crippen molar-refractivity contribution in [3.63, 3.8) is 0 Å². The predicted molar refractivity (Wildman–Crippen MR) is 129 cm³/mol. The molecule has 36 heavy (non-hydrogen) atoms. The molecule has 2 fully saturated rings. The summed E-state index contributed by atoms with van der Waals surface area (Å²) in [6.07, 6.45) is 4.89. The van der Waals surface area contributed by atoms with Crippen LogP contribution in [0.15, 0.2) is 36.7 Å². The number of pyridine rings is 2. The number of ether oxygens (including phenoxy) is 1. The van der Waals surface area contributed by atoms with Crippen LogP contribution < -0.4 is 9.64 Å². The zero-order valence-electron chi connectivity index (χ0n) is 19.5. The van der Waals surface area contributed by atoms with Crippen molar-refractivity contribution in [2.75, 3.05) is 31.6 Å². The van der Waals surface area contributed by atoms with E-state index in [9.17, 15) is 19.7 Å². The normalized spacial score (nSPS) is 18.2. The van der Waals surface area contributed by atoms with Crippen LogP contribution in [0.2, 0.25) is 0 Å². The van der Waals surface area contributed by atoms with Crippen LogP contribution in [-0.4, -0.2) is 63.6 Å². The first-order valence-electron chi connectivity index (χ1n) is 11.8. The van der Waals surface area contributed by atoms with Crippen LogP contribution in [0.3, 0.4) is 0 Å². The van der Waals surface area contributed by atoms with Crippen LogP contribution in [0.25, 0.3) is 22.0 Å². The second-order valence-electron chi connectivity index (χ2n) is 9.72. The standard InChI is InChI=1S/C25H23N5O6/c1-28-20-10-26-18-4-3-15(7-17(18)21(20)25(23(28)31)5-2-6-25)16-8-19(30(34)35)22(27-9-16)36-13-14-11-29(12-14)24(32)33/h3-4,7-10,14H,2,5-6,11-13H2,1H3,(H,32,33). The molecule has 1 aromatic carbocycles. The molecule has 0 atom stereocenters. The molecule has 6 rings (SSSR count). The van der Waals surface area contributed by atoms with Crippen molar-refractivity contribution in [2.24, 2.45) is 5.92 Å². The lowest BCUT2D eigenvalue weighted by atomic mass is 9.64. The van der Waals surface area contributed by atoms with Crippen molar-refractivity contribution >= 4 is 34.3 Å². The molecule has 0 radical (unpaired) electrons. The van der Waals surface area contributed by atoms with E-state index in [1.807, 2.05) is 18.2 Å². The number of nitrogens with zero attached hydrogens (tertiary/aromatic N) is 5. The highest BCUT2D eigenvalue weighted by Crippen LogP contribution is 2.55. The Morgan fingerprint density at radius 1 is 1.22 bits per heavy atom. The highest BCUT2D eigenvalue weighted by atomic mass is 16.6. The van der Waals surface area contributed by atoms with Crippen LogP contribution in [0.1, 0.15) is 24.8 Å². The highest BCUT2D eigenvalue weighted by Gasteiger charge is 2.54. The number of carboxylic acid groups (broad SMARTS) is 1. The van der Waals surface area contributed by atoms with Crippen LogP contribution >= 0.6 is 0 Å². The number of likely N-dealkylation sites (N-methyl/N-ethyl adjacent to an activating group) is 1. The molecular formula is C25H23N5O6. The summed E-state index contributed by atoms with van der Waals surface area (Å²) in [5.74, 6) is -0.0290. The molecule has 0 unspecified atom stereocenters. The van der Waals surface area contributed by atoms with E-state index in [1.54, 1.807) is 18.1 Å². The molecule has 1 aliphatic carbocycles. The zero-order valence-corrected chi connectivity index (χ0v) is 19.5. The van der Waals surface area contributed by atoms with Crippen LogP contribution in [0.5, 0.6) is 5.88 Å². The predicted octanol–water partition coefficient (Wildman–Crippen LogP) is 3.59. The second kappa shape index (κ2) is 7.87. The summed E-state index contributed by atoms with van der Waals surface area (Å²) in [7, 11) is 1.78. The van der Waals surface area contributed by atoms with Gasteiger partial charge in [0.05, 0.1) is 34.3 Å². The van der Waals surface area contributed by atoms with E-state index in [4.69, 9.17) is 9.84 Å². The number of rotatable bonds is 5. The monoisotopic (exact) mass is 489 g/mol. The van der Waals surface area contributed by atoms with Gasteiger partial charge in [-0.1, -0.05) is 12.5 Å². The Morgan fingerprint density at radius 2 is 2.00 bits per heavy atom. The number of carbonyl (C=O) groups is 2. The molecule has 11 nitrogen and oxygen atoms in total. The van der Waals surface area contributed by atoms with E-state index >= 15 is 0 Å². The minimum absolute atomic E-state index is 0.0306. The largest absolute Gasteiger partial charge is 0.472 e. The number of likely N-dealkylation sites (tertiary alicyclic amines) is 1. The van der Waals surface area contributed by atoms with Crippen LogP contribution in [0, 0.1) is 16.0 Å². The Balaban J connectivity index is 1.33. The van der Waals surface area contributed by atoms with Gasteiger partial charge >= 0.3 is 11.8 Å². The number of amides is 2. The van der Waals surface area contributed by atoms with E-state index in [1.165, 1.54) is 17.2 Å². The molecule has 0 bridgehead atoms. The molecule has 2 aliphatic heterocycles. The third-order valence-electron chi connectivity index (χ3n) is 7.65. The number of anilines is 1. The quantitative estimate of drug-likeness (QED) is 0.424. The molecule has 3 aliphatic rings. The average Bonchev–Trinajstić information content (AvgIpc) is 3.05. The van der Waals surface area contributed by atoms with Gasteiger partial charge in [0.15, 0.2) is 0 Å². The summed E-state index contributed by atoms with van der Waals surface area (Å²) in [5.41, 5.74) is 3.08. The lowest BCUT2D eigenvalue weighted by Crippen LogP contribution is -2.51. The maximum atomic E-state index is 13.1. The van der Waals surface area contributed by atoms with Gasteiger partial charge in [-0.2, -0.15) is 0 Å². The van der Waals surface area contributed by atoms with Gasteiger partial charge in [-0.3, -0.25) is 19.9 Å². The third kappa shape index (κ3) is 3.19. The first-order valence-corrected chi connectivity index (χ1v) is 11.8. The van der Waals surface area contributed by atoms with Gasteiger partial charge in [0, 0.05) is 54.8 Å². The van der Waals surface area contributed by atoms with Crippen LogP contribution in [0.4, 0.5) is 16.2 Å².